The topological polar surface area (TPSA) is 27.7 Å². The van der Waals surface area contributed by atoms with Gasteiger partial charge in [-0.3, -0.25) is 0 Å². The van der Waals surface area contributed by atoms with Gasteiger partial charge in [-0.1, -0.05) is 6.92 Å². The molecule has 0 aliphatic carbocycles. The summed E-state index contributed by atoms with van der Waals surface area (Å²) in [6, 6.07) is 0.819. The van der Waals surface area contributed by atoms with Crippen molar-refractivity contribution in [1.82, 2.24) is 0 Å². The monoisotopic (exact) mass is 268 g/mol. The fourth-order valence-corrected chi connectivity index (χ4v) is 4.13. The van der Waals surface area contributed by atoms with Gasteiger partial charge in [0.2, 0.25) is 0 Å². The molecule has 0 aromatic carbocycles. The number of halogens is 1. The molecule has 0 N–H and O–H groups in total. The lowest BCUT2D eigenvalue weighted by atomic mass is 10.2. The molecule has 3 nitrogen and oxygen atoms in total. The first-order valence-corrected chi connectivity index (χ1v) is 8.62. The van der Waals surface area contributed by atoms with Crippen LogP contribution in [0.15, 0.2) is 0 Å². The molecule has 0 fully saturated rings. The Morgan fingerprint density at radius 2 is 1.69 bits per heavy atom. The van der Waals surface area contributed by atoms with Gasteiger partial charge >= 0.3 is 8.80 Å². The van der Waals surface area contributed by atoms with E-state index in [1.54, 1.807) is 0 Å². The van der Waals surface area contributed by atoms with E-state index in [2.05, 4.69) is 13.8 Å². The zero-order valence-corrected chi connectivity index (χ0v) is 12.7. The highest BCUT2D eigenvalue weighted by Gasteiger charge is 2.39. The van der Waals surface area contributed by atoms with Crippen LogP contribution >= 0.6 is 11.6 Å². The Morgan fingerprint density at radius 3 is 2.06 bits per heavy atom. The van der Waals surface area contributed by atoms with E-state index in [-0.39, 0.29) is 6.10 Å². The van der Waals surface area contributed by atoms with Crippen molar-refractivity contribution in [2.45, 2.75) is 52.7 Å². The van der Waals surface area contributed by atoms with Crippen molar-refractivity contribution < 1.29 is 13.3 Å². The Balaban J connectivity index is 4.26. The molecular formula is C11H25ClO3Si. The molecular weight excluding hydrogens is 244 g/mol. The molecule has 16 heavy (non-hydrogen) atoms. The molecule has 0 aliphatic heterocycles. The molecule has 98 valence electrons. The summed E-state index contributed by atoms with van der Waals surface area (Å²) in [6.07, 6.45) is 2.08. The van der Waals surface area contributed by atoms with Gasteiger partial charge in [-0.2, -0.15) is 0 Å². The molecule has 0 bridgehead atoms. The fourth-order valence-electron chi connectivity index (χ4n) is 1.57. The molecule has 0 spiro atoms. The van der Waals surface area contributed by atoms with Crippen LogP contribution in [0.2, 0.25) is 6.04 Å². The van der Waals surface area contributed by atoms with Crippen molar-refractivity contribution in [3.8, 4) is 0 Å². The lowest BCUT2D eigenvalue weighted by Gasteiger charge is -2.30. The van der Waals surface area contributed by atoms with Crippen molar-refractivity contribution in [2.75, 3.05) is 19.1 Å². The molecule has 0 saturated heterocycles. The average Bonchev–Trinajstić information content (AvgIpc) is 2.27. The zero-order chi connectivity index (χ0) is 12.4. The molecule has 1 atom stereocenters. The van der Waals surface area contributed by atoms with E-state index in [1.807, 2.05) is 13.8 Å². The zero-order valence-electron chi connectivity index (χ0n) is 10.9. The van der Waals surface area contributed by atoms with Crippen molar-refractivity contribution in [2.24, 2.45) is 0 Å². The van der Waals surface area contributed by atoms with Gasteiger partial charge in [0.25, 0.3) is 0 Å². The van der Waals surface area contributed by atoms with Gasteiger partial charge in [0.1, 0.15) is 0 Å². The van der Waals surface area contributed by atoms with E-state index in [1.165, 1.54) is 0 Å². The van der Waals surface area contributed by atoms with Gasteiger partial charge in [0.05, 0.1) is 0 Å². The number of alkyl halides is 1. The summed E-state index contributed by atoms with van der Waals surface area (Å²) >= 11 is 5.67. The SMILES string of the molecule is CCO[Si](CC)(OCC)OC(C)CCCCl. The van der Waals surface area contributed by atoms with Crippen molar-refractivity contribution in [3.63, 3.8) is 0 Å². The summed E-state index contributed by atoms with van der Waals surface area (Å²) in [4.78, 5) is 0. The third kappa shape index (κ3) is 6.20. The predicted octanol–water partition coefficient (Wildman–Crippen LogP) is 3.44. The van der Waals surface area contributed by atoms with E-state index < -0.39 is 8.80 Å². The Bertz CT molecular complexity index is 163. The molecule has 0 amide bonds. The van der Waals surface area contributed by atoms with E-state index in [0.717, 1.165) is 18.9 Å². The average molecular weight is 269 g/mol. The summed E-state index contributed by atoms with van der Waals surface area (Å²) in [5, 5.41) is 0. The highest BCUT2D eigenvalue weighted by Crippen LogP contribution is 2.19. The molecule has 0 rings (SSSR count). The molecule has 1 unspecified atom stereocenters. The molecule has 0 aromatic heterocycles. The minimum absolute atomic E-state index is 0.156. The summed E-state index contributed by atoms with van der Waals surface area (Å²) in [6.45, 7) is 9.35. The molecule has 0 aromatic rings. The predicted molar refractivity (Wildman–Crippen MR) is 70.0 cm³/mol. The third-order valence-electron chi connectivity index (χ3n) is 2.29. The Kier molecular flexibility index (Phi) is 9.65. The normalized spacial score (nSPS) is 14.1. The van der Waals surface area contributed by atoms with Gasteiger partial charge < -0.3 is 13.3 Å². The molecule has 5 heteroatoms. The van der Waals surface area contributed by atoms with Crippen LogP contribution in [0, 0.1) is 0 Å². The van der Waals surface area contributed by atoms with Crippen LogP contribution in [-0.4, -0.2) is 34.0 Å². The third-order valence-corrected chi connectivity index (χ3v) is 5.64. The summed E-state index contributed by atoms with van der Waals surface area (Å²) in [7, 11) is -2.43. The first-order chi connectivity index (χ1) is 7.64. The van der Waals surface area contributed by atoms with Gasteiger partial charge in [0.15, 0.2) is 0 Å². The quantitative estimate of drug-likeness (QED) is 0.449. The van der Waals surface area contributed by atoms with Crippen molar-refractivity contribution in [3.05, 3.63) is 0 Å². The first-order valence-electron chi connectivity index (χ1n) is 6.15. The summed E-state index contributed by atoms with van der Waals surface area (Å²) in [5.74, 6) is 0.678. The molecule has 0 aliphatic rings. The smallest absolute Gasteiger partial charge is 0.374 e. The maximum Gasteiger partial charge on any atom is 0.500 e. The van der Waals surface area contributed by atoms with Crippen LogP contribution in [-0.2, 0) is 13.3 Å². The van der Waals surface area contributed by atoms with Gasteiger partial charge in [-0.15, -0.1) is 11.6 Å². The Hall–Kier alpha value is 0.387. The van der Waals surface area contributed by atoms with Crippen LogP contribution in [0.25, 0.3) is 0 Å². The minimum atomic E-state index is -2.43. The fraction of sp³-hybridized carbons (Fsp3) is 1.00. The Morgan fingerprint density at radius 1 is 1.12 bits per heavy atom. The standard InChI is InChI=1S/C11H25ClO3Si/c1-5-13-16(7-3,14-6-2)15-11(4)9-8-10-12/h11H,5-10H2,1-4H3. The number of hydrogen-bond donors (Lipinski definition) is 0. The highest BCUT2D eigenvalue weighted by molar-refractivity contribution is 6.60. The van der Waals surface area contributed by atoms with Gasteiger partial charge in [-0.05, 0) is 33.6 Å². The van der Waals surface area contributed by atoms with Crippen molar-refractivity contribution >= 4 is 20.4 Å². The van der Waals surface area contributed by atoms with Crippen LogP contribution in [0.3, 0.4) is 0 Å². The molecule has 0 heterocycles. The number of rotatable bonds is 10. The van der Waals surface area contributed by atoms with Gasteiger partial charge in [0, 0.05) is 31.2 Å². The second-order valence-corrected chi connectivity index (χ2v) is 6.93. The van der Waals surface area contributed by atoms with E-state index in [4.69, 9.17) is 24.9 Å². The van der Waals surface area contributed by atoms with E-state index in [0.29, 0.717) is 19.1 Å². The second kappa shape index (κ2) is 9.42. The maximum absolute atomic E-state index is 6.01. The highest BCUT2D eigenvalue weighted by atomic mass is 35.5. The van der Waals surface area contributed by atoms with E-state index in [9.17, 15) is 0 Å². The number of hydrogen-bond acceptors (Lipinski definition) is 3. The van der Waals surface area contributed by atoms with Crippen LogP contribution < -0.4 is 0 Å². The first kappa shape index (κ1) is 16.4. The summed E-state index contributed by atoms with van der Waals surface area (Å²) in [5.41, 5.74) is 0. The van der Waals surface area contributed by atoms with E-state index >= 15 is 0 Å². The molecule has 0 radical (unpaired) electrons. The van der Waals surface area contributed by atoms with Crippen molar-refractivity contribution in [1.29, 1.82) is 0 Å². The minimum Gasteiger partial charge on any atom is -0.374 e. The maximum atomic E-state index is 6.01. The van der Waals surface area contributed by atoms with Crippen LogP contribution in [0.4, 0.5) is 0 Å². The van der Waals surface area contributed by atoms with Crippen LogP contribution in [0.5, 0.6) is 0 Å². The lowest BCUT2D eigenvalue weighted by molar-refractivity contribution is 0.0365. The Labute approximate surface area is 106 Å². The second-order valence-electron chi connectivity index (χ2n) is 3.66. The largest absolute Gasteiger partial charge is 0.500 e. The van der Waals surface area contributed by atoms with Crippen LogP contribution in [0.1, 0.15) is 40.5 Å². The summed E-state index contributed by atoms with van der Waals surface area (Å²) < 4.78 is 17.5. The lowest BCUT2D eigenvalue weighted by Crippen LogP contribution is -2.47. The molecule has 0 saturated carbocycles. The van der Waals surface area contributed by atoms with Gasteiger partial charge in [-0.25, -0.2) is 0 Å².